The molecule has 3 heteroatoms. The van der Waals surface area contributed by atoms with Crippen LogP contribution in [0.1, 0.15) is 19.8 Å². The average molecular weight is 172 g/mol. The third-order valence-corrected chi connectivity index (χ3v) is 1.80. The van der Waals surface area contributed by atoms with E-state index in [0.29, 0.717) is 26.2 Å². The molecule has 0 amide bonds. The van der Waals surface area contributed by atoms with Gasteiger partial charge in [0.2, 0.25) is 0 Å². The second-order valence-corrected chi connectivity index (χ2v) is 2.75. The zero-order valence-corrected chi connectivity index (χ0v) is 7.45. The van der Waals surface area contributed by atoms with Crippen molar-refractivity contribution >= 4 is 0 Å². The normalized spacial score (nSPS) is 18.7. The summed E-state index contributed by atoms with van der Waals surface area (Å²) >= 11 is 0. The highest BCUT2D eigenvalue weighted by atomic mass is 16.5. The molecular formula is C9H16O3. The van der Waals surface area contributed by atoms with Crippen LogP contribution in [-0.2, 0) is 9.47 Å². The van der Waals surface area contributed by atoms with E-state index in [1.54, 1.807) is 0 Å². The number of aliphatic hydroxyl groups is 1. The second kappa shape index (κ2) is 5.17. The molecule has 70 valence electrons. The molecule has 1 aliphatic rings. The summed E-state index contributed by atoms with van der Waals surface area (Å²) in [5, 5.41) is 9.50. The average Bonchev–Trinajstić information content (AvgIpc) is 2.56. The van der Waals surface area contributed by atoms with Crippen molar-refractivity contribution in [2.45, 2.75) is 25.9 Å². The Kier molecular flexibility index (Phi) is 4.11. The second-order valence-electron chi connectivity index (χ2n) is 2.75. The van der Waals surface area contributed by atoms with E-state index in [4.69, 9.17) is 9.47 Å². The minimum absolute atomic E-state index is 0.473. The van der Waals surface area contributed by atoms with Crippen LogP contribution in [0, 0.1) is 0 Å². The molecule has 1 heterocycles. The number of rotatable bonds is 5. The number of aliphatic hydroxyl groups excluding tert-OH is 1. The van der Waals surface area contributed by atoms with Gasteiger partial charge in [-0.05, 0) is 13.0 Å². The van der Waals surface area contributed by atoms with Gasteiger partial charge in [0.25, 0.3) is 0 Å². The number of hydrogen-bond acceptors (Lipinski definition) is 3. The van der Waals surface area contributed by atoms with E-state index in [1.165, 1.54) is 0 Å². The molecule has 1 unspecified atom stereocenters. The predicted octanol–water partition coefficient (Wildman–Crippen LogP) is 1.08. The van der Waals surface area contributed by atoms with Crippen LogP contribution in [0.15, 0.2) is 11.8 Å². The molecule has 0 saturated heterocycles. The molecule has 0 aliphatic carbocycles. The lowest BCUT2D eigenvalue weighted by Crippen LogP contribution is -2.13. The van der Waals surface area contributed by atoms with Crippen LogP contribution in [-0.4, -0.2) is 31.0 Å². The molecule has 1 atom stereocenters. The predicted molar refractivity (Wildman–Crippen MR) is 45.8 cm³/mol. The van der Waals surface area contributed by atoms with E-state index in [9.17, 15) is 5.11 Å². The van der Waals surface area contributed by atoms with Gasteiger partial charge in [0, 0.05) is 26.1 Å². The monoisotopic (exact) mass is 172 g/mol. The summed E-state index contributed by atoms with van der Waals surface area (Å²) < 4.78 is 10.3. The summed E-state index contributed by atoms with van der Waals surface area (Å²) in [7, 11) is 0. The lowest BCUT2D eigenvalue weighted by atomic mass is 10.2. The van der Waals surface area contributed by atoms with Gasteiger partial charge >= 0.3 is 0 Å². The summed E-state index contributed by atoms with van der Waals surface area (Å²) in [6, 6.07) is 0. The topological polar surface area (TPSA) is 38.7 Å². The van der Waals surface area contributed by atoms with Crippen LogP contribution in [0.4, 0.5) is 0 Å². The van der Waals surface area contributed by atoms with Gasteiger partial charge in [-0.2, -0.15) is 0 Å². The summed E-state index contributed by atoms with van der Waals surface area (Å²) in [4.78, 5) is 0. The maximum atomic E-state index is 9.50. The van der Waals surface area contributed by atoms with Crippen LogP contribution in [0.25, 0.3) is 0 Å². The summed E-state index contributed by atoms with van der Waals surface area (Å²) in [6.07, 6.45) is 3.01. The molecule has 1 aliphatic heterocycles. The van der Waals surface area contributed by atoms with E-state index in [-0.39, 0.29) is 0 Å². The maximum Gasteiger partial charge on any atom is 0.121 e. The highest BCUT2D eigenvalue weighted by Crippen LogP contribution is 2.15. The van der Waals surface area contributed by atoms with E-state index >= 15 is 0 Å². The van der Waals surface area contributed by atoms with Crippen molar-refractivity contribution in [1.82, 2.24) is 0 Å². The molecule has 12 heavy (non-hydrogen) atoms. The van der Waals surface area contributed by atoms with Gasteiger partial charge in [0.15, 0.2) is 0 Å². The lowest BCUT2D eigenvalue weighted by molar-refractivity contribution is 0.0708. The van der Waals surface area contributed by atoms with Crippen molar-refractivity contribution in [3.8, 4) is 0 Å². The van der Waals surface area contributed by atoms with E-state index in [0.717, 1.165) is 12.2 Å². The zero-order chi connectivity index (χ0) is 8.81. The Bertz CT molecular complexity index is 154. The summed E-state index contributed by atoms with van der Waals surface area (Å²) in [5.74, 6) is 0.717. The van der Waals surface area contributed by atoms with Crippen LogP contribution in [0.5, 0.6) is 0 Å². The first-order chi connectivity index (χ1) is 5.84. The molecule has 0 aromatic rings. The fraction of sp³-hybridized carbons (Fsp3) is 0.778. The highest BCUT2D eigenvalue weighted by molar-refractivity contribution is 5.03. The number of hydrogen-bond donors (Lipinski definition) is 1. The third kappa shape index (κ3) is 2.83. The van der Waals surface area contributed by atoms with E-state index < -0.39 is 6.10 Å². The molecule has 0 spiro atoms. The van der Waals surface area contributed by atoms with Gasteiger partial charge in [0.1, 0.15) is 11.9 Å². The molecule has 0 aromatic heterocycles. The van der Waals surface area contributed by atoms with Gasteiger partial charge in [-0.1, -0.05) is 0 Å². The molecule has 3 nitrogen and oxygen atoms in total. The van der Waals surface area contributed by atoms with Crippen molar-refractivity contribution in [2.75, 3.05) is 19.8 Å². The van der Waals surface area contributed by atoms with E-state index in [2.05, 4.69) is 0 Å². The highest BCUT2D eigenvalue weighted by Gasteiger charge is 2.14. The summed E-state index contributed by atoms with van der Waals surface area (Å²) in [6.45, 7) is 3.95. The van der Waals surface area contributed by atoms with Gasteiger partial charge in [-0.25, -0.2) is 0 Å². The molecule has 1 rings (SSSR count). The van der Waals surface area contributed by atoms with Crippen LogP contribution in [0.2, 0.25) is 0 Å². The molecular weight excluding hydrogens is 156 g/mol. The molecule has 1 N–H and O–H groups in total. The van der Waals surface area contributed by atoms with Crippen LogP contribution >= 0.6 is 0 Å². The smallest absolute Gasteiger partial charge is 0.121 e. The largest absolute Gasteiger partial charge is 0.495 e. The Morgan fingerprint density at radius 1 is 1.75 bits per heavy atom. The lowest BCUT2D eigenvalue weighted by Gasteiger charge is -2.11. The van der Waals surface area contributed by atoms with Crippen molar-refractivity contribution in [1.29, 1.82) is 0 Å². The fourth-order valence-corrected chi connectivity index (χ4v) is 1.15. The standard InChI is InChI=1S/C9H16O3/c1-2-11-7-5-8(10)9-4-3-6-12-9/h4,8,10H,2-3,5-7H2,1H3. The maximum absolute atomic E-state index is 9.50. The van der Waals surface area contributed by atoms with Gasteiger partial charge in [-0.3, -0.25) is 0 Å². The van der Waals surface area contributed by atoms with Crippen molar-refractivity contribution in [3.05, 3.63) is 11.8 Å². The quantitative estimate of drug-likeness (QED) is 0.631. The minimum atomic E-state index is -0.473. The summed E-state index contributed by atoms with van der Waals surface area (Å²) in [5.41, 5.74) is 0. The van der Waals surface area contributed by atoms with Crippen molar-refractivity contribution < 1.29 is 14.6 Å². The first kappa shape index (κ1) is 9.55. The first-order valence-electron chi connectivity index (χ1n) is 4.43. The Labute approximate surface area is 73.0 Å². The Morgan fingerprint density at radius 2 is 2.58 bits per heavy atom. The van der Waals surface area contributed by atoms with Gasteiger partial charge < -0.3 is 14.6 Å². The SMILES string of the molecule is CCOCCC(O)C1=CCCO1. The number of ether oxygens (including phenoxy) is 2. The first-order valence-corrected chi connectivity index (χ1v) is 4.43. The fourth-order valence-electron chi connectivity index (χ4n) is 1.15. The Morgan fingerprint density at radius 3 is 3.17 bits per heavy atom. The van der Waals surface area contributed by atoms with Crippen LogP contribution < -0.4 is 0 Å². The molecule has 0 bridgehead atoms. The van der Waals surface area contributed by atoms with Gasteiger partial charge in [-0.15, -0.1) is 0 Å². The molecule has 0 saturated carbocycles. The molecule has 0 aromatic carbocycles. The van der Waals surface area contributed by atoms with Crippen molar-refractivity contribution in [2.24, 2.45) is 0 Å². The third-order valence-electron chi connectivity index (χ3n) is 1.80. The Hall–Kier alpha value is -0.540. The Balaban J connectivity index is 2.14. The van der Waals surface area contributed by atoms with Crippen LogP contribution in [0.3, 0.4) is 0 Å². The minimum Gasteiger partial charge on any atom is -0.495 e. The van der Waals surface area contributed by atoms with E-state index in [1.807, 2.05) is 13.0 Å². The van der Waals surface area contributed by atoms with Gasteiger partial charge in [0.05, 0.1) is 6.61 Å². The molecule has 0 fully saturated rings. The zero-order valence-electron chi connectivity index (χ0n) is 7.45. The molecule has 0 radical (unpaired) electrons. The van der Waals surface area contributed by atoms with Crippen molar-refractivity contribution in [3.63, 3.8) is 0 Å².